The molecule has 0 radical (unpaired) electrons. The quantitative estimate of drug-likeness (QED) is 0.192. The van der Waals surface area contributed by atoms with Crippen LogP contribution < -0.4 is 10.9 Å². The van der Waals surface area contributed by atoms with Crippen molar-refractivity contribution in [3.63, 3.8) is 0 Å². The number of phosphoric ester groups is 1. The van der Waals surface area contributed by atoms with E-state index in [1.54, 1.807) is 24.3 Å². The van der Waals surface area contributed by atoms with Crippen LogP contribution in [-0.2, 0) is 13.8 Å². The molecule has 3 heterocycles. The summed E-state index contributed by atoms with van der Waals surface area (Å²) in [7, 11) is -4.82. The van der Waals surface area contributed by atoms with Gasteiger partial charge in [0.25, 0.3) is 5.56 Å². The largest absolute Gasteiger partial charge is 0.469 e. The molecule has 2 aromatic heterocycles. The van der Waals surface area contributed by atoms with E-state index in [0.717, 1.165) is 5.56 Å². The van der Waals surface area contributed by atoms with Crippen LogP contribution in [-0.4, -0.2) is 76.2 Å². The Labute approximate surface area is 185 Å². The molecule has 0 aliphatic carbocycles. The van der Waals surface area contributed by atoms with Crippen LogP contribution in [0, 0.1) is 0 Å². The van der Waals surface area contributed by atoms with Crippen LogP contribution in [0.15, 0.2) is 41.5 Å². The first kappa shape index (κ1) is 23.5. The minimum Gasteiger partial charge on any atom is -0.394 e. The van der Waals surface area contributed by atoms with E-state index >= 15 is 0 Å². The molecule has 0 amide bonds. The number of hydrogen-bond acceptors (Lipinski definition) is 10. The summed E-state index contributed by atoms with van der Waals surface area (Å²) in [6.07, 6.45) is -4.40. The molecule has 1 unspecified atom stereocenters. The molecular weight excluding hydrogens is 461 g/mol. The molecule has 1 aliphatic rings. The lowest BCUT2D eigenvalue weighted by Crippen LogP contribution is -2.33. The summed E-state index contributed by atoms with van der Waals surface area (Å²) < 4.78 is 22.0. The minimum absolute atomic E-state index is 0.0128. The third-order valence-electron chi connectivity index (χ3n) is 5.15. The van der Waals surface area contributed by atoms with Crippen molar-refractivity contribution in [1.29, 1.82) is 0 Å². The number of aliphatic hydroxyl groups excluding tert-OH is 3. The molecule has 5 atom stereocenters. The number of aromatic nitrogens is 4. The summed E-state index contributed by atoms with van der Waals surface area (Å²) in [6, 6.07) is 8.42. The molecule has 15 heteroatoms. The van der Waals surface area contributed by atoms with E-state index in [2.05, 4.69) is 24.8 Å². The van der Waals surface area contributed by atoms with Gasteiger partial charge in [0.1, 0.15) is 18.3 Å². The van der Waals surface area contributed by atoms with E-state index in [9.17, 15) is 24.7 Å². The Morgan fingerprint density at radius 1 is 1.24 bits per heavy atom. The molecular formula is C18H22N5O9P. The summed E-state index contributed by atoms with van der Waals surface area (Å²) >= 11 is 0. The van der Waals surface area contributed by atoms with Crippen LogP contribution in [0.5, 0.6) is 0 Å². The topological polar surface area (TPSA) is 212 Å². The SMILES string of the molecule is O=c1[nH]c(NC(CO)c2ccccc2)nc2c1ncn2[C@@H]1O[C@H](COP(=O)(O)O)[C@@H](O)[C@H]1O. The van der Waals surface area contributed by atoms with Gasteiger partial charge in [0, 0.05) is 0 Å². The molecule has 33 heavy (non-hydrogen) atoms. The van der Waals surface area contributed by atoms with Crippen LogP contribution in [0.25, 0.3) is 11.2 Å². The summed E-state index contributed by atoms with van der Waals surface area (Å²) in [5.74, 6) is 0.0200. The molecule has 0 bridgehead atoms. The summed E-state index contributed by atoms with van der Waals surface area (Å²) in [6.45, 7) is -0.968. The molecule has 14 nitrogen and oxygen atoms in total. The third kappa shape index (κ3) is 4.98. The highest BCUT2D eigenvalue weighted by molar-refractivity contribution is 7.46. The second kappa shape index (κ2) is 9.29. The Morgan fingerprint density at radius 2 is 1.97 bits per heavy atom. The maximum Gasteiger partial charge on any atom is 0.469 e. The molecule has 0 saturated carbocycles. The number of H-pyrrole nitrogens is 1. The molecule has 4 rings (SSSR count). The number of hydrogen-bond donors (Lipinski definition) is 7. The first-order valence-electron chi connectivity index (χ1n) is 9.79. The normalized spacial score (nSPS) is 24.3. The number of benzene rings is 1. The van der Waals surface area contributed by atoms with Crippen LogP contribution in [0.4, 0.5) is 5.95 Å². The standard InChI is InChI=1S/C18H22N5O9P/c24-6-10(9-4-2-1-3-5-9)20-18-21-15-12(16(27)22-18)19-8-23(15)17-14(26)13(25)11(32-17)7-31-33(28,29)30/h1-5,8,10-11,13-14,17,24-26H,6-7H2,(H2,28,29,30)(H2,20,21,22,27)/t10?,11-,13-,14-,17-/m1/s1. The average molecular weight is 483 g/mol. The smallest absolute Gasteiger partial charge is 0.394 e. The number of rotatable bonds is 8. The van der Waals surface area contributed by atoms with Gasteiger partial charge in [-0.25, -0.2) is 9.55 Å². The molecule has 1 aromatic carbocycles. The fourth-order valence-electron chi connectivity index (χ4n) is 3.53. The number of ether oxygens (including phenoxy) is 1. The van der Waals surface area contributed by atoms with Gasteiger partial charge in [-0.1, -0.05) is 30.3 Å². The van der Waals surface area contributed by atoms with Gasteiger partial charge in [0.15, 0.2) is 17.4 Å². The molecule has 1 fully saturated rings. The first-order valence-corrected chi connectivity index (χ1v) is 11.3. The summed E-state index contributed by atoms with van der Waals surface area (Å²) in [5, 5.41) is 33.3. The van der Waals surface area contributed by atoms with E-state index in [0.29, 0.717) is 0 Å². The van der Waals surface area contributed by atoms with Crippen LogP contribution in [0.3, 0.4) is 0 Å². The Hall–Kier alpha value is -2.68. The number of imidazole rings is 1. The predicted octanol–water partition coefficient (Wildman–Crippen LogP) is -1.01. The van der Waals surface area contributed by atoms with Crippen molar-refractivity contribution in [2.24, 2.45) is 0 Å². The van der Waals surface area contributed by atoms with Gasteiger partial charge < -0.3 is 35.2 Å². The number of aromatic amines is 1. The Balaban J connectivity index is 1.62. The summed E-state index contributed by atoms with van der Waals surface area (Å²) in [5.41, 5.74) is 0.0991. The maximum atomic E-state index is 12.5. The number of fused-ring (bicyclic) bond motifs is 1. The Morgan fingerprint density at radius 3 is 2.64 bits per heavy atom. The fourth-order valence-corrected chi connectivity index (χ4v) is 3.87. The monoisotopic (exact) mass is 483 g/mol. The summed E-state index contributed by atoms with van der Waals surface area (Å²) in [4.78, 5) is 41.1. The molecule has 0 spiro atoms. The highest BCUT2D eigenvalue weighted by atomic mass is 31.2. The van der Waals surface area contributed by atoms with E-state index in [-0.39, 0.29) is 23.7 Å². The van der Waals surface area contributed by atoms with Crippen molar-refractivity contribution in [3.05, 3.63) is 52.6 Å². The first-order chi connectivity index (χ1) is 15.7. The Kier molecular flexibility index (Phi) is 6.61. The van der Waals surface area contributed by atoms with E-state index in [1.807, 2.05) is 6.07 Å². The fraction of sp³-hybridized carbons (Fsp3) is 0.389. The van der Waals surface area contributed by atoms with E-state index < -0.39 is 50.6 Å². The molecule has 1 aliphatic heterocycles. The van der Waals surface area contributed by atoms with Crippen LogP contribution in [0.2, 0.25) is 0 Å². The maximum absolute atomic E-state index is 12.5. The lowest BCUT2D eigenvalue weighted by atomic mass is 10.1. The van der Waals surface area contributed by atoms with Gasteiger partial charge in [-0.15, -0.1) is 0 Å². The zero-order valence-electron chi connectivity index (χ0n) is 16.9. The molecule has 7 N–H and O–H groups in total. The zero-order valence-corrected chi connectivity index (χ0v) is 17.8. The molecule has 1 saturated heterocycles. The van der Waals surface area contributed by atoms with E-state index in [1.165, 1.54) is 10.9 Å². The number of phosphoric acid groups is 1. The lowest BCUT2D eigenvalue weighted by molar-refractivity contribution is -0.0503. The highest BCUT2D eigenvalue weighted by Crippen LogP contribution is 2.38. The third-order valence-corrected chi connectivity index (χ3v) is 5.63. The van der Waals surface area contributed by atoms with Crippen LogP contribution >= 0.6 is 7.82 Å². The number of anilines is 1. The van der Waals surface area contributed by atoms with Gasteiger partial charge in [-0.3, -0.25) is 18.9 Å². The minimum atomic E-state index is -4.82. The van der Waals surface area contributed by atoms with Crippen molar-refractivity contribution >= 4 is 24.9 Å². The van der Waals surface area contributed by atoms with Crippen molar-refractivity contribution in [2.45, 2.75) is 30.6 Å². The second-order valence-corrected chi connectivity index (χ2v) is 8.60. The van der Waals surface area contributed by atoms with Crippen molar-refractivity contribution in [2.75, 3.05) is 18.5 Å². The number of nitrogens with one attached hydrogen (secondary N) is 2. The lowest BCUT2D eigenvalue weighted by Gasteiger charge is -2.18. The van der Waals surface area contributed by atoms with Crippen molar-refractivity contribution < 1.29 is 38.9 Å². The second-order valence-electron chi connectivity index (χ2n) is 7.36. The van der Waals surface area contributed by atoms with E-state index in [4.69, 9.17) is 14.5 Å². The molecule has 3 aromatic rings. The Bertz CT molecular complexity index is 1210. The average Bonchev–Trinajstić information content (AvgIpc) is 3.32. The van der Waals surface area contributed by atoms with Gasteiger partial charge in [0.2, 0.25) is 5.95 Å². The number of aliphatic hydroxyl groups is 3. The predicted molar refractivity (Wildman–Crippen MR) is 112 cm³/mol. The van der Waals surface area contributed by atoms with Gasteiger partial charge in [0.05, 0.1) is 25.6 Å². The number of nitrogens with zero attached hydrogens (tertiary/aromatic N) is 3. The van der Waals surface area contributed by atoms with Gasteiger partial charge in [-0.2, -0.15) is 4.98 Å². The van der Waals surface area contributed by atoms with Crippen molar-refractivity contribution in [1.82, 2.24) is 19.5 Å². The van der Waals surface area contributed by atoms with Gasteiger partial charge in [-0.05, 0) is 5.56 Å². The highest BCUT2D eigenvalue weighted by Gasteiger charge is 2.45. The van der Waals surface area contributed by atoms with Gasteiger partial charge >= 0.3 is 7.82 Å². The van der Waals surface area contributed by atoms with Crippen molar-refractivity contribution in [3.8, 4) is 0 Å². The zero-order chi connectivity index (χ0) is 23.8. The van der Waals surface area contributed by atoms with Crippen LogP contribution in [0.1, 0.15) is 17.8 Å². The molecule has 178 valence electrons.